The fourth-order valence-corrected chi connectivity index (χ4v) is 4.52. The van der Waals surface area contributed by atoms with Crippen LogP contribution in [0.1, 0.15) is 123 Å². The summed E-state index contributed by atoms with van der Waals surface area (Å²) in [5, 5.41) is 0. The van der Waals surface area contributed by atoms with Crippen molar-refractivity contribution in [3.05, 3.63) is 0 Å². The van der Waals surface area contributed by atoms with E-state index in [1.807, 2.05) is 0 Å². The first-order chi connectivity index (χ1) is 11.8. The molecule has 0 saturated carbocycles. The van der Waals surface area contributed by atoms with Gasteiger partial charge in [-0.1, -0.05) is 90.9 Å². The lowest BCUT2D eigenvalue weighted by atomic mass is 10.0. The lowest BCUT2D eigenvalue weighted by Gasteiger charge is -2.34. The molecule has 24 heavy (non-hydrogen) atoms. The number of nitrogens with zero attached hydrogens (tertiary/aromatic N) is 1. The van der Waals surface area contributed by atoms with E-state index >= 15 is 0 Å². The normalized spacial score (nSPS) is 16.8. The second-order valence-electron chi connectivity index (χ2n) is 8.54. The van der Waals surface area contributed by atoms with Crippen molar-refractivity contribution >= 4 is 0 Å². The van der Waals surface area contributed by atoms with Gasteiger partial charge in [-0.15, -0.1) is 0 Å². The van der Waals surface area contributed by atoms with Crippen LogP contribution in [0.3, 0.4) is 0 Å². The van der Waals surface area contributed by atoms with Crippen LogP contribution in [0.15, 0.2) is 0 Å². The predicted molar refractivity (Wildman–Crippen MR) is 110 cm³/mol. The molecule has 0 aromatic heterocycles. The number of quaternary nitrogens is 1. The third kappa shape index (κ3) is 10.7. The topological polar surface area (TPSA) is 0 Å². The Morgan fingerprint density at radius 2 is 0.833 bits per heavy atom. The van der Waals surface area contributed by atoms with Gasteiger partial charge in [-0.3, -0.25) is 0 Å². The van der Waals surface area contributed by atoms with E-state index < -0.39 is 0 Å². The first-order valence-electron chi connectivity index (χ1n) is 11.7. The lowest BCUT2D eigenvalue weighted by molar-refractivity contribution is -0.917. The van der Waals surface area contributed by atoms with Crippen LogP contribution in [-0.2, 0) is 0 Å². The molecule has 0 spiro atoms. The lowest BCUT2D eigenvalue weighted by Crippen LogP contribution is -2.46. The molecule has 1 heteroatoms. The van der Waals surface area contributed by atoms with Crippen LogP contribution < -0.4 is 0 Å². The molecule has 1 rings (SSSR count). The molecule has 0 aliphatic carbocycles. The van der Waals surface area contributed by atoms with Crippen molar-refractivity contribution < 1.29 is 4.48 Å². The molecule has 1 heterocycles. The van der Waals surface area contributed by atoms with Crippen LogP contribution in [0.2, 0.25) is 0 Å². The third-order valence-corrected chi connectivity index (χ3v) is 6.24. The van der Waals surface area contributed by atoms with Gasteiger partial charge < -0.3 is 4.48 Å². The summed E-state index contributed by atoms with van der Waals surface area (Å²) in [7, 11) is 0. The highest BCUT2D eigenvalue weighted by Gasteiger charge is 2.30. The molecular formula is C23H48N+. The Hall–Kier alpha value is -0.0400. The number of hydrogen-bond acceptors (Lipinski definition) is 0. The molecule has 1 aliphatic heterocycles. The molecule has 0 aromatic carbocycles. The third-order valence-electron chi connectivity index (χ3n) is 6.24. The molecule has 144 valence electrons. The Kier molecular flexibility index (Phi) is 14.0. The number of unbranched alkanes of at least 4 members (excludes halogenated alkanes) is 13. The molecule has 0 bridgehead atoms. The molecule has 1 aliphatic rings. The van der Waals surface area contributed by atoms with Crippen LogP contribution in [0, 0.1) is 0 Å². The van der Waals surface area contributed by atoms with Gasteiger partial charge in [-0.25, -0.2) is 0 Å². The molecule has 0 unspecified atom stereocenters. The molecule has 0 aromatic rings. The number of rotatable bonds is 17. The van der Waals surface area contributed by atoms with E-state index in [9.17, 15) is 0 Å². The van der Waals surface area contributed by atoms with Gasteiger partial charge in [0.25, 0.3) is 0 Å². The van der Waals surface area contributed by atoms with Gasteiger partial charge in [0.05, 0.1) is 26.2 Å². The van der Waals surface area contributed by atoms with Gasteiger partial charge in [0.15, 0.2) is 0 Å². The summed E-state index contributed by atoms with van der Waals surface area (Å²) in [6, 6.07) is 0. The standard InChI is InChI=1S/C23H48N/c1-3-5-7-8-9-10-11-12-13-14-15-16-17-21-24(20-6-4-2)22-18-19-23-24/h3-23H2,1-2H3/q+1. The largest absolute Gasteiger partial charge is 0.324 e. The van der Waals surface area contributed by atoms with Crippen LogP contribution in [0.25, 0.3) is 0 Å². The van der Waals surface area contributed by atoms with Crippen molar-refractivity contribution in [2.75, 3.05) is 26.2 Å². The molecule has 1 nitrogen and oxygen atoms in total. The quantitative estimate of drug-likeness (QED) is 0.190. The summed E-state index contributed by atoms with van der Waals surface area (Å²) in [5.41, 5.74) is 0. The predicted octanol–water partition coefficient (Wildman–Crippen LogP) is 7.49. The van der Waals surface area contributed by atoms with E-state index in [1.54, 1.807) is 0 Å². The maximum atomic E-state index is 2.35. The maximum absolute atomic E-state index is 2.35. The van der Waals surface area contributed by atoms with E-state index in [0.717, 1.165) is 0 Å². The van der Waals surface area contributed by atoms with E-state index in [4.69, 9.17) is 0 Å². The zero-order valence-corrected chi connectivity index (χ0v) is 17.3. The summed E-state index contributed by atoms with van der Waals surface area (Å²) in [4.78, 5) is 0. The van der Waals surface area contributed by atoms with Crippen molar-refractivity contribution in [2.45, 2.75) is 123 Å². The fraction of sp³-hybridized carbons (Fsp3) is 1.00. The van der Waals surface area contributed by atoms with Crippen LogP contribution in [-0.4, -0.2) is 30.7 Å². The summed E-state index contributed by atoms with van der Waals surface area (Å²) < 4.78 is 1.48. The second-order valence-corrected chi connectivity index (χ2v) is 8.54. The molecule has 1 fully saturated rings. The number of likely N-dealkylation sites (tertiary alicyclic amines) is 1. The highest BCUT2D eigenvalue weighted by atomic mass is 15.4. The molecule has 0 radical (unpaired) electrons. The molecule has 0 atom stereocenters. The average Bonchev–Trinajstić information content (AvgIpc) is 3.06. The SMILES string of the molecule is CCCCCCCCCCCCCCC[N+]1(CCCC)CCCC1. The Morgan fingerprint density at radius 1 is 0.458 bits per heavy atom. The van der Waals surface area contributed by atoms with Gasteiger partial charge in [0.2, 0.25) is 0 Å². The molecular weight excluding hydrogens is 290 g/mol. The van der Waals surface area contributed by atoms with Gasteiger partial charge in [0, 0.05) is 12.8 Å². The maximum Gasteiger partial charge on any atom is 0.0788 e. The Morgan fingerprint density at radius 3 is 1.29 bits per heavy atom. The smallest absolute Gasteiger partial charge is 0.0788 e. The molecule has 1 saturated heterocycles. The first kappa shape index (κ1) is 22.0. The van der Waals surface area contributed by atoms with E-state index in [0.29, 0.717) is 0 Å². The van der Waals surface area contributed by atoms with Crippen molar-refractivity contribution in [3.63, 3.8) is 0 Å². The van der Waals surface area contributed by atoms with Crippen LogP contribution in [0.4, 0.5) is 0 Å². The Balaban J connectivity index is 1.86. The average molecular weight is 339 g/mol. The van der Waals surface area contributed by atoms with Crippen LogP contribution in [0.5, 0.6) is 0 Å². The van der Waals surface area contributed by atoms with Gasteiger partial charge in [-0.05, 0) is 19.3 Å². The van der Waals surface area contributed by atoms with Crippen LogP contribution >= 0.6 is 0 Å². The summed E-state index contributed by atoms with van der Waals surface area (Å²) >= 11 is 0. The van der Waals surface area contributed by atoms with Crippen molar-refractivity contribution in [3.8, 4) is 0 Å². The Bertz CT molecular complexity index is 255. The van der Waals surface area contributed by atoms with Crippen molar-refractivity contribution in [1.82, 2.24) is 0 Å². The zero-order valence-electron chi connectivity index (χ0n) is 17.3. The second kappa shape index (κ2) is 15.2. The summed E-state index contributed by atoms with van der Waals surface area (Å²) in [6.07, 6.45) is 25.0. The minimum absolute atomic E-state index is 1.37. The monoisotopic (exact) mass is 338 g/mol. The van der Waals surface area contributed by atoms with Gasteiger partial charge >= 0.3 is 0 Å². The van der Waals surface area contributed by atoms with Gasteiger partial charge in [-0.2, -0.15) is 0 Å². The fourth-order valence-electron chi connectivity index (χ4n) is 4.52. The van der Waals surface area contributed by atoms with E-state index in [2.05, 4.69) is 13.8 Å². The first-order valence-corrected chi connectivity index (χ1v) is 11.7. The van der Waals surface area contributed by atoms with Gasteiger partial charge in [0.1, 0.15) is 0 Å². The molecule has 0 N–H and O–H groups in total. The van der Waals surface area contributed by atoms with Crippen molar-refractivity contribution in [1.29, 1.82) is 0 Å². The summed E-state index contributed by atoms with van der Waals surface area (Å²) in [5.74, 6) is 0. The highest BCUT2D eigenvalue weighted by Crippen LogP contribution is 2.22. The van der Waals surface area contributed by atoms with E-state index in [1.165, 1.54) is 140 Å². The minimum atomic E-state index is 1.37. The number of hydrogen-bond donors (Lipinski definition) is 0. The highest BCUT2D eigenvalue weighted by molar-refractivity contribution is 4.56. The zero-order chi connectivity index (χ0) is 17.3. The van der Waals surface area contributed by atoms with Crippen molar-refractivity contribution in [2.24, 2.45) is 0 Å². The Labute approximate surface area is 154 Å². The molecule has 0 amide bonds. The summed E-state index contributed by atoms with van der Waals surface area (Å²) in [6.45, 7) is 10.6. The van der Waals surface area contributed by atoms with E-state index in [-0.39, 0.29) is 0 Å². The minimum Gasteiger partial charge on any atom is -0.324 e.